The van der Waals surface area contributed by atoms with Gasteiger partial charge < -0.3 is 15.0 Å². The van der Waals surface area contributed by atoms with Gasteiger partial charge in [0.05, 0.1) is 5.54 Å². The number of ether oxygens (including phenoxy) is 1. The van der Waals surface area contributed by atoms with Crippen LogP contribution in [0.15, 0.2) is 0 Å². The average molecular weight is 290 g/mol. The normalized spacial score (nSPS) is 26.5. The van der Waals surface area contributed by atoms with Crippen molar-refractivity contribution in [3.8, 4) is 0 Å². The first-order chi connectivity index (χ1) is 8.92. The molecule has 20 heavy (non-hydrogen) atoms. The van der Waals surface area contributed by atoms with Crippen molar-refractivity contribution in [2.45, 2.75) is 51.2 Å². The lowest BCUT2D eigenvalue weighted by molar-refractivity contribution is -0.128. The summed E-state index contributed by atoms with van der Waals surface area (Å²) in [6, 6.07) is 0. The molecule has 0 aromatic carbocycles. The molecule has 1 aliphatic carbocycles. The molecule has 1 heterocycles. The Hall–Kier alpha value is -1.40. The number of nitrogens with zero attached hydrogens (tertiary/aromatic N) is 1. The standard InChI is InChI=1S/C13H20F2N2O3/c1-11(2,3)20-10(19)17-6-12(4,7-17)16-9(18)8-5-13(8,14)15/h8H,5-7H2,1-4H3,(H,16,18)/t8-/m0/s1. The van der Waals surface area contributed by atoms with Gasteiger partial charge in [0.1, 0.15) is 11.5 Å². The molecule has 1 saturated heterocycles. The van der Waals surface area contributed by atoms with Crippen molar-refractivity contribution in [2.75, 3.05) is 13.1 Å². The third kappa shape index (κ3) is 3.19. The van der Waals surface area contributed by atoms with Crippen molar-refractivity contribution in [3.05, 3.63) is 0 Å². The summed E-state index contributed by atoms with van der Waals surface area (Å²) in [5, 5.41) is 2.59. The molecule has 114 valence electrons. The Bertz CT molecular complexity index is 439. The molecule has 1 saturated carbocycles. The van der Waals surface area contributed by atoms with Gasteiger partial charge >= 0.3 is 6.09 Å². The molecule has 0 unspecified atom stereocenters. The van der Waals surface area contributed by atoms with Crippen molar-refractivity contribution in [1.29, 1.82) is 0 Å². The first kappa shape index (κ1) is 15.0. The summed E-state index contributed by atoms with van der Waals surface area (Å²) in [5.41, 5.74) is -1.23. The van der Waals surface area contributed by atoms with E-state index in [9.17, 15) is 18.4 Å². The zero-order valence-electron chi connectivity index (χ0n) is 12.1. The first-order valence-electron chi connectivity index (χ1n) is 6.60. The van der Waals surface area contributed by atoms with Gasteiger partial charge in [-0.15, -0.1) is 0 Å². The molecule has 2 aliphatic rings. The topological polar surface area (TPSA) is 58.6 Å². The quantitative estimate of drug-likeness (QED) is 0.843. The largest absolute Gasteiger partial charge is 0.444 e. The molecule has 0 bridgehead atoms. The predicted octanol–water partition coefficient (Wildman–Crippen LogP) is 1.77. The van der Waals surface area contributed by atoms with Crippen LogP contribution in [-0.2, 0) is 9.53 Å². The highest BCUT2D eigenvalue weighted by Crippen LogP contribution is 2.48. The molecule has 0 spiro atoms. The number of hydrogen-bond donors (Lipinski definition) is 1. The molecule has 7 heteroatoms. The minimum Gasteiger partial charge on any atom is -0.444 e. The highest BCUT2D eigenvalue weighted by atomic mass is 19.3. The molecular weight excluding hydrogens is 270 g/mol. The second kappa shape index (κ2) is 4.30. The Kier molecular flexibility index (Phi) is 3.22. The molecule has 0 radical (unpaired) electrons. The first-order valence-corrected chi connectivity index (χ1v) is 6.60. The third-order valence-electron chi connectivity index (χ3n) is 3.30. The van der Waals surface area contributed by atoms with E-state index in [1.165, 1.54) is 4.90 Å². The summed E-state index contributed by atoms with van der Waals surface area (Å²) in [6.45, 7) is 7.56. The van der Waals surface area contributed by atoms with Crippen LogP contribution in [0.1, 0.15) is 34.1 Å². The number of nitrogens with one attached hydrogen (secondary N) is 1. The van der Waals surface area contributed by atoms with E-state index in [-0.39, 0.29) is 19.5 Å². The van der Waals surface area contributed by atoms with E-state index in [1.807, 2.05) is 0 Å². The molecule has 2 fully saturated rings. The van der Waals surface area contributed by atoms with E-state index >= 15 is 0 Å². The van der Waals surface area contributed by atoms with Gasteiger partial charge in [-0.05, 0) is 27.7 Å². The van der Waals surface area contributed by atoms with Gasteiger partial charge in [-0.3, -0.25) is 4.79 Å². The van der Waals surface area contributed by atoms with Gasteiger partial charge in [-0.2, -0.15) is 0 Å². The van der Waals surface area contributed by atoms with Gasteiger partial charge in [0.25, 0.3) is 5.92 Å². The fourth-order valence-electron chi connectivity index (χ4n) is 2.21. The Labute approximate surface area is 116 Å². The fourth-order valence-corrected chi connectivity index (χ4v) is 2.21. The number of likely N-dealkylation sites (tertiary alicyclic amines) is 1. The van der Waals surface area contributed by atoms with Crippen LogP contribution in [0.25, 0.3) is 0 Å². The van der Waals surface area contributed by atoms with Gasteiger partial charge in [0.2, 0.25) is 5.91 Å². The number of carbonyl (C=O) groups is 2. The smallest absolute Gasteiger partial charge is 0.410 e. The summed E-state index contributed by atoms with van der Waals surface area (Å²) in [5.74, 6) is -4.72. The Morgan fingerprint density at radius 2 is 1.80 bits per heavy atom. The molecule has 0 aromatic rings. The lowest BCUT2D eigenvalue weighted by Crippen LogP contribution is -2.70. The predicted molar refractivity (Wildman–Crippen MR) is 67.4 cm³/mol. The van der Waals surface area contributed by atoms with Crippen LogP contribution >= 0.6 is 0 Å². The summed E-state index contributed by atoms with van der Waals surface area (Å²) >= 11 is 0. The monoisotopic (exact) mass is 290 g/mol. The van der Waals surface area contributed by atoms with Crippen LogP contribution < -0.4 is 5.32 Å². The number of alkyl halides is 2. The minimum absolute atomic E-state index is 0.270. The van der Waals surface area contributed by atoms with Crippen LogP contribution in [-0.4, -0.2) is 47.1 Å². The van der Waals surface area contributed by atoms with E-state index < -0.39 is 35.0 Å². The Morgan fingerprint density at radius 3 is 2.20 bits per heavy atom. The third-order valence-corrected chi connectivity index (χ3v) is 3.30. The van der Waals surface area contributed by atoms with E-state index in [2.05, 4.69) is 5.32 Å². The molecule has 1 aliphatic heterocycles. The fraction of sp³-hybridized carbons (Fsp3) is 0.846. The number of amides is 2. The zero-order valence-corrected chi connectivity index (χ0v) is 12.1. The SMILES string of the molecule is CC1(NC(=O)[C@@H]2CC2(F)F)CN(C(=O)OC(C)(C)C)C1. The lowest BCUT2D eigenvalue weighted by atomic mass is 9.92. The molecule has 1 N–H and O–H groups in total. The number of rotatable bonds is 2. The molecule has 1 atom stereocenters. The number of carbonyl (C=O) groups excluding carboxylic acids is 2. The van der Waals surface area contributed by atoms with E-state index in [4.69, 9.17) is 4.74 Å². The Balaban J connectivity index is 1.79. The summed E-state index contributed by atoms with van der Waals surface area (Å²) < 4.78 is 30.8. The van der Waals surface area contributed by atoms with Gasteiger partial charge in [0.15, 0.2) is 0 Å². The number of halogens is 2. The average Bonchev–Trinajstić information content (AvgIpc) is 2.81. The highest BCUT2D eigenvalue weighted by molar-refractivity contribution is 5.84. The van der Waals surface area contributed by atoms with Gasteiger partial charge in [0, 0.05) is 19.5 Å². The van der Waals surface area contributed by atoms with Crippen molar-refractivity contribution >= 4 is 12.0 Å². The van der Waals surface area contributed by atoms with E-state index in [0.29, 0.717) is 0 Å². The van der Waals surface area contributed by atoms with Crippen molar-refractivity contribution in [2.24, 2.45) is 5.92 Å². The maximum Gasteiger partial charge on any atom is 0.410 e. The highest BCUT2D eigenvalue weighted by Gasteiger charge is 2.62. The second-order valence-corrected chi connectivity index (χ2v) is 6.90. The summed E-state index contributed by atoms with van der Waals surface area (Å²) in [7, 11) is 0. The van der Waals surface area contributed by atoms with Crippen LogP contribution in [0.2, 0.25) is 0 Å². The van der Waals surface area contributed by atoms with Crippen molar-refractivity contribution in [3.63, 3.8) is 0 Å². The Morgan fingerprint density at radius 1 is 1.30 bits per heavy atom. The number of hydrogen-bond acceptors (Lipinski definition) is 3. The maximum atomic E-state index is 12.8. The van der Waals surface area contributed by atoms with Crippen LogP contribution in [0.4, 0.5) is 13.6 Å². The molecule has 5 nitrogen and oxygen atoms in total. The summed E-state index contributed by atoms with van der Waals surface area (Å²) in [6.07, 6.45) is -0.842. The second-order valence-electron chi connectivity index (χ2n) is 6.90. The summed E-state index contributed by atoms with van der Waals surface area (Å²) in [4.78, 5) is 24.8. The molecule has 2 rings (SSSR count). The molecular formula is C13H20F2N2O3. The van der Waals surface area contributed by atoms with Crippen molar-refractivity contribution in [1.82, 2.24) is 10.2 Å². The lowest BCUT2D eigenvalue weighted by Gasteiger charge is -2.48. The van der Waals surface area contributed by atoms with Gasteiger partial charge in [-0.1, -0.05) is 0 Å². The minimum atomic E-state index is -2.87. The van der Waals surface area contributed by atoms with Crippen molar-refractivity contribution < 1.29 is 23.1 Å². The van der Waals surface area contributed by atoms with Gasteiger partial charge in [-0.25, -0.2) is 13.6 Å². The molecule has 0 aromatic heterocycles. The molecule has 2 amide bonds. The zero-order chi connectivity index (χ0) is 15.3. The van der Waals surface area contributed by atoms with E-state index in [0.717, 1.165) is 0 Å². The van der Waals surface area contributed by atoms with Crippen LogP contribution in [0.3, 0.4) is 0 Å². The van der Waals surface area contributed by atoms with E-state index in [1.54, 1.807) is 27.7 Å². The van der Waals surface area contributed by atoms with Crippen LogP contribution in [0, 0.1) is 5.92 Å². The maximum absolute atomic E-state index is 12.8. The van der Waals surface area contributed by atoms with Crippen LogP contribution in [0.5, 0.6) is 0 Å².